The Morgan fingerprint density at radius 3 is 2.31 bits per heavy atom. The molecule has 1 aromatic heterocycles. The molecule has 0 aliphatic carbocycles. The van der Waals surface area contributed by atoms with Gasteiger partial charge in [0.15, 0.2) is 0 Å². The first-order valence-electron chi connectivity index (χ1n) is 11.4. The first kappa shape index (κ1) is 22.2. The van der Waals surface area contributed by atoms with E-state index >= 15 is 0 Å². The normalized spacial score (nSPS) is 19.7. The van der Waals surface area contributed by atoms with Gasteiger partial charge in [0.25, 0.3) is 5.91 Å². The van der Waals surface area contributed by atoms with Crippen molar-refractivity contribution in [1.82, 2.24) is 24.7 Å². The molecule has 2 aliphatic heterocycles. The number of amides is 3. The average molecular weight is 438 g/mol. The second-order valence-corrected chi connectivity index (χ2v) is 9.11. The molecule has 8 heteroatoms. The number of aryl methyl sites for hydroxylation is 2. The van der Waals surface area contributed by atoms with E-state index in [0.29, 0.717) is 43.8 Å². The number of carbonyl (C=O) groups is 3. The molecule has 0 spiro atoms. The molecule has 0 saturated carbocycles. The van der Waals surface area contributed by atoms with Gasteiger partial charge in [0, 0.05) is 50.7 Å². The minimum absolute atomic E-state index is 0.0302. The first-order chi connectivity index (χ1) is 15.2. The number of hydrogen-bond donors (Lipinski definition) is 0. The van der Waals surface area contributed by atoms with Gasteiger partial charge in [-0.05, 0) is 52.3 Å². The second kappa shape index (κ2) is 8.84. The summed E-state index contributed by atoms with van der Waals surface area (Å²) in [6.07, 6.45) is 1.00. The van der Waals surface area contributed by atoms with Crippen LogP contribution in [0.1, 0.15) is 48.4 Å². The molecule has 3 amide bonds. The van der Waals surface area contributed by atoms with Crippen molar-refractivity contribution < 1.29 is 14.4 Å². The molecule has 3 heterocycles. The Kier molecular flexibility index (Phi) is 6.13. The highest BCUT2D eigenvalue weighted by Gasteiger charge is 2.38. The summed E-state index contributed by atoms with van der Waals surface area (Å²) >= 11 is 0. The fourth-order valence-corrected chi connectivity index (χ4v) is 4.54. The molecule has 0 bridgehead atoms. The monoisotopic (exact) mass is 437 g/mol. The van der Waals surface area contributed by atoms with Crippen molar-refractivity contribution in [3.8, 4) is 0 Å². The maximum absolute atomic E-state index is 13.2. The average Bonchev–Trinajstić information content (AvgIpc) is 2.99. The molecule has 1 unspecified atom stereocenters. The summed E-state index contributed by atoms with van der Waals surface area (Å²) in [4.78, 5) is 52.9. The molecule has 0 N–H and O–H groups in total. The third-order valence-electron chi connectivity index (χ3n) is 6.55. The first-order valence-corrected chi connectivity index (χ1v) is 11.4. The predicted molar refractivity (Wildman–Crippen MR) is 121 cm³/mol. The Labute approximate surface area is 188 Å². The highest BCUT2D eigenvalue weighted by atomic mass is 16.2. The lowest BCUT2D eigenvalue weighted by atomic mass is 10.1. The van der Waals surface area contributed by atoms with Crippen molar-refractivity contribution >= 4 is 28.8 Å². The summed E-state index contributed by atoms with van der Waals surface area (Å²) in [5.41, 5.74) is 3.82. The van der Waals surface area contributed by atoms with Crippen LogP contribution in [0.25, 0.3) is 11.0 Å². The summed E-state index contributed by atoms with van der Waals surface area (Å²) in [5, 5.41) is 0. The molecule has 2 aromatic rings. The SMILES string of the molecule is Cc1nc2ccc(C(=O)N3CCCN(C(=O)C4CC(=O)N(C(C)C)C4)CC3)cc2nc1C. The zero-order valence-corrected chi connectivity index (χ0v) is 19.3. The molecule has 8 nitrogen and oxygen atoms in total. The van der Waals surface area contributed by atoms with Gasteiger partial charge in [-0.2, -0.15) is 0 Å². The van der Waals surface area contributed by atoms with Crippen LogP contribution < -0.4 is 0 Å². The number of carbonyl (C=O) groups excluding carboxylic acids is 3. The topological polar surface area (TPSA) is 86.7 Å². The molecular weight excluding hydrogens is 406 g/mol. The van der Waals surface area contributed by atoms with E-state index in [1.54, 1.807) is 17.0 Å². The van der Waals surface area contributed by atoms with Crippen LogP contribution >= 0.6 is 0 Å². The van der Waals surface area contributed by atoms with Crippen molar-refractivity contribution in [1.29, 1.82) is 0 Å². The van der Waals surface area contributed by atoms with Crippen LogP contribution in [0, 0.1) is 19.8 Å². The summed E-state index contributed by atoms with van der Waals surface area (Å²) in [5.74, 6) is -0.251. The Morgan fingerprint density at radius 1 is 0.969 bits per heavy atom. The molecule has 170 valence electrons. The van der Waals surface area contributed by atoms with E-state index in [-0.39, 0.29) is 36.1 Å². The maximum Gasteiger partial charge on any atom is 0.253 e. The Bertz CT molecular complexity index is 1070. The third-order valence-corrected chi connectivity index (χ3v) is 6.55. The number of fused-ring (bicyclic) bond motifs is 1. The fraction of sp³-hybridized carbons (Fsp3) is 0.542. The van der Waals surface area contributed by atoms with Gasteiger partial charge in [0.2, 0.25) is 11.8 Å². The fourth-order valence-electron chi connectivity index (χ4n) is 4.54. The lowest BCUT2D eigenvalue weighted by Gasteiger charge is -2.25. The molecule has 0 radical (unpaired) electrons. The highest BCUT2D eigenvalue weighted by molar-refractivity contribution is 5.97. The smallest absolute Gasteiger partial charge is 0.253 e. The minimum atomic E-state index is -0.280. The van der Waals surface area contributed by atoms with Crippen LogP contribution in [-0.2, 0) is 9.59 Å². The number of hydrogen-bond acceptors (Lipinski definition) is 5. The van der Waals surface area contributed by atoms with Crippen molar-refractivity contribution in [2.45, 2.75) is 46.6 Å². The van der Waals surface area contributed by atoms with Crippen LogP contribution in [0.4, 0.5) is 0 Å². The molecule has 2 saturated heterocycles. The van der Waals surface area contributed by atoms with E-state index in [1.165, 1.54) is 0 Å². The lowest BCUT2D eigenvalue weighted by Crippen LogP contribution is -2.41. The molecule has 2 fully saturated rings. The maximum atomic E-state index is 13.2. The second-order valence-electron chi connectivity index (χ2n) is 9.11. The van der Waals surface area contributed by atoms with Gasteiger partial charge in [-0.1, -0.05) is 0 Å². The number of rotatable bonds is 3. The van der Waals surface area contributed by atoms with E-state index < -0.39 is 0 Å². The summed E-state index contributed by atoms with van der Waals surface area (Å²) in [6.45, 7) is 10.4. The Hall–Kier alpha value is -3.03. The number of benzene rings is 1. The Balaban J connectivity index is 1.42. The van der Waals surface area contributed by atoms with Crippen LogP contribution in [0.3, 0.4) is 0 Å². The minimum Gasteiger partial charge on any atom is -0.341 e. The molecule has 1 atom stereocenters. The molecule has 4 rings (SSSR count). The highest BCUT2D eigenvalue weighted by Crippen LogP contribution is 2.23. The van der Waals surface area contributed by atoms with Crippen LogP contribution in [0.2, 0.25) is 0 Å². The molecular formula is C24H31N5O3. The van der Waals surface area contributed by atoms with Crippen molar-refractivity contribution in [3.63, 3.8) is 0 Å². The third kappa shape index (κ3) is 4.31. The number of likely N-dealkylation sites (tertiary alicyclic amines) is 1. The molecule has 2 aliphatic rings. The number of aromatic nitrogens is 2. The molecule has 32 heavy (non-hydrogen) atoms. The van der Waals surface area contributed by atoms with Gasteiger partial charge in [-0.25, -0.2) is 9.97 Å². The van der Waals surface area contributed by atoms with Crippen LogP contribution in [-0.4, -0.2) is 81.2 Å². The van der Waals surface area contributed by atoms with E-state index in [4.69, 9.17) is 0 Å². The lowest BCUT2D eigenvalue weighted by molar-refractivity contribution is -0.135. The zero-order valence-electron chi connectivity index (χ0n) is 19.3. The standard InChI is InChI=1S/C24H31N5O3/c1-15(2)29-14-19(13-22(29)30)24(32)28-9-5-8-27(10-11-28)23(31)18-6-7-20-21(12-18)26-17(4)16(3)25-20/h6-7,12,15,19H,5,8-11,13-14H2,1-4H3. The van der Waals surface area contributed by atoms with Gasteiger partial charge >= 0.3 is 0 Å². The predicted octanol–water partition coefficient (Wildman–Crippen LogP) is 2.18. The zero-order chi connectivity index (χ0) is 23.0. The van der Waals surface area contributed by atoms with E-state index in [1.807, 2.05) is 43.6 Å². The largest absolute Gasteiger partial charge is 0.341 e. The van der Waals surface area contributed by atoms with Crippen molar-refractivity contribution in [2.75, 3.05) is 32.7 Å². The number of nitrogens with zero attached hydrogens (tertiary/aromatic N) is 5. The van der Waals surface area contributed by atoms with Gasteiger partial charge in [-0.3, -0.25) is 14.4 Å². The summed E-state index contributed by atoms with van der Waals surface area (Å²) in [7, 11) is 0. The van der Waals surface area contributed by atoms with E-state index in [9.17, 15) is 14.4 Å². The summed E-state index contributed by atoms with van der Waals surface area (Å²) in [6, 6.07) is 5.55. The van der Waals surface area contributed by atoms with Gasteiger partial charge in [-0.15, -0.1) is 0 Å². The van der Waals surface area contributed by atoms with E-state index in [2.05, 4.69) is 9.97 Å². The van der Waals surface area contributed by atoms with Crippen molar-refractivity contribution in [2.24, 2.45) is 5.92 Å². The summed E-state index contributed by atoms with van der Waals surface area (Å²) < 4.78 is 0. The molecule has 1 aromatic carbocycles. The van der Waals surface area contributed by atoms with Gasteiger partial charge in [0.05, 0.1) is 28.3 Å². The van der Waals surface area contributed by atoms with E-state index in [0.717, 1.165) is 23.3 Å². The van der Waals surface area contributed by atoms with Crippen LogP contribution in [0.15, 0.2) is 18.2 Å². The van der Waals surface area contributed by atoms with Crippen LogP contribution in [0.5, 0.6) is 0 Å². The Morgan fingerprint density at radius 2 is 1.62 bits per heavy atom. The van der Waals surface area contributed by atoms with Crippen molar-refractivity contribution in [3.05, 3.63) is 35.2 Å². The van der Waals surface area contributed by atoms with Gasteiger partial charge in [0.1, 0.15) is 0 Å². The van der Waals surface area contributed by atoms with Gasteiger partial charge < -0.3 is 14.7 Å². The quantitative estimate of drug-likeness (QED) is 0.735.